The van der Waals surface area contributed by atoms with Crippen molar-refractivity contribution in [3.8, 4) is 0 Å². The van der Waals surface area contributed by atoms with E-state index in [2.05, 4.69) is 10.3 Å². The number of fused-ring (bicyclic) bond motifs is 1. The maximum Gasteiger partial charge on any atom is 0.237 e. The number of hydrogen-bond acceptors (Lipinski definition) is 3. The lowest BCUT2D eigenvalue weighted by Crippen LogP contribution is -2.39. The number of anilines is 1. The number of nitrogens with zero attached hydrogens (tertiary/aromatic N) is 1. The maximum atomic E-state index is 11.4. The molecular weight excluding hydrogens is 182 g/mol. The number of nitrogens with one attached hydrogen (secondary N) is 1. The molecule has 2 heterocycles. The van der Waals surface area contributed by atoms with Crippen LogP contribution >= 0.6 is 0 Å². The number of pyridine rings is 1. The van der Waals surface area contributed by atoms with E-state index in [0.717, 1.165) is 0 Å². The van der Waals surface area contributed by atoms with Gasteiger partial charge >= 0.3 is 0 Å². The van der Waals surface area contributed by atoms with E-state index in [-0.39, 0.29) is 12.3 Å². The van der Waals surface area contributed by atoms with Crippen LogP contribution in [0, 0.1) is 5.92 Å². The first-order chi connectivity index (χ1) is 6.68. The zero-order valence-electron chi connectivity index (χ0n) is 7.36. The van der Waals surface area contributed by atoms with E-state index in [1.807, 2.05) is 0 Å². The van der Waals surface area contributed by atoms with Gasteiger partial charge in [0.25, 0.3) is 0 Å². The van der Waals surface area contributed by atoms with Crippen molar-refractivity contribution in [1.29, 1.82) is 0 Å². The van der Waals surface area contributed by atoms with Crippen LogP contribution in [-0.4, -0.2) is 16.8 Å². The molecule has 5 nitrogen and oxygen atoms in total. The highest BCUT2D eigenvalue weighted by Gasteiger charge is 2.30. The molecule has 0 fully saturated rings. The second-order valence-corrected chi connectivity index (χ2v) is 3.15. The van der Waals surface area contributed by atoms with Crippen LogP contribution in [-0.2, 0) is 16.0 Å². The van der Waals surface area contributed by atoms with E-state index in [1.54, 1.807) is 18.3 Å². The number of primary amides is 1. The third kappa shape index (κ3) is 1.32. The second-order valence-electron chi connectivity index (χ2n) is 3.15. The number of carbonyl (C=O) groups excluding carboxylic acids is 2. The van der Waals surface area contributed by atoms with Crippen LogP contribution in [0.15, 0.2) is 18.3 Å². The fourth-order valence-corrected chi connectivity index (χ4v) is 1.45. The summed E-state index contributed by atoms with van der Waals surface area (Å²) in [6.45, 7) is 0. The molecule has 1 atom stereocenters. The van der Waals surface area contributed by atoms with Crippen LogP contribution in [0.1, 0.15) is 5.69 Å². The molecule has 0 spiro atoms. The molecule has 0 radical (unpaired) electrons. The standard InChI is InChI=1S/C9H9N3O2/c10-8(13)5-4-7-6(12-9(5)14)2-1-3-11-7/h1-3,5H,4H2,(H2,10,13)(H,12,14). The Morgan fingerprint density at radius 1 is 1.64 bits per heavy atom. The van der Waals surface area contributed by atoms with Gasteiger partial charge in [0.05, 0.1) is 11.4 Å². The molecule has 14 heavy (non-hydrogen) atoms. The van der Waals surface area contributed by atoms with E-state index in [9.17, 15) is 9.59 Å². The van der Waals surface area contributed by atoms with Gasteiger partial charge in [0.2, 0.25) is 11.8 Å². The minimum Gasteiger partial charge on any atom is -0.369 e. The first-order valence-corrected chi connectivity index (χ1v) is 4.22. The number of aromatic nitrogens is 1. The Labute approximate surface area is 80.3 Å². The predicted molar refractivity (Wildman–Crippen MR) is 49.3 cm³/mol. The zero-order chi connectivity index (χ0) is 10.1. The van der Waals surface area contributed by atoms with Crippen molar-refractivity contribution in [2.75, 3.05) is 5.32 Å². The molecule has 0 saturated carbocycles. The third-order valence-electron chi connectivity index (χ3n) is 2.21. The Bertz CT molecular complexity index is 403. The summed E-state index contributed by atoms with van der Waals surface area (Å²) in [5, 5.41) is 2.59. The van der Waals surface area contributed by atoms with Crippen LogP contribution < -0.4 is 11.1 Å². The number of hydrogen-bond donors (Lipinski definition) is 2. The zero-order valence-corrected chi connectivity index (χ0v) is 7.36. The van der Waals surface area contributed by atoms with Crippen LogP contribution in [0.2, 0.25) is 0 Å². The van der Waals surface area contributed by atoms with Crippen molar-refractivity contribution in [2.45, 2.75) is 6.42 Å². The van der Waals surface area contributed by atoms with Crippen LogP contribution in [0.25, 0.3) is 0 Å². The molecule has 0 bridgehead atoms. The lowest BCUT2D eigenvalue weighted by atomic mass is 9.96. The van der Waals surface area contributed by atoms with Gasteiger partial charge in [0.1, 0.15) is 5.92 Å². The molecule has 1 aromatic heterocycles. The predicted octanol–water partition coefficient (Wildman–Crippen LogP) is -0.322. The fourth-order valence-electron chi connectivity index (χ4n) is 1.45. The lowest BCUT2D eigenvalue weighted by Gasteiger charge is -2.20. The average Bonchev–Trinajstić information content (AvgIpc) is 2.16. The smallest absolute Gasteiger partial charge is 0.237 e. The molecule has 1 aliphatic heterocycles. The summed E-state index contributed by atoms with van der Waals surface area (Å²) < 4.78 is 0. The van der Waals surface area contributed by atoms with E-state index in [0.29, 0.717) is 11.4 Å². The summed E-state index contributed by atoms with van der Waals surface area (Å²) in [6.07, 6.45) is 1.91. The molecule has 5 heteroatoms. The van der Waals surface area contributed by atoms with Gasteiger partial charge in [-0.1, -0.05) is 0 Å². The molecular formula is C9H9N3O2. The summed E-state index contributed by atoms with van der Waals surface area (Å²) in [5.74, 6) is -1.76. The van der Waals surface area contributed by atoms with Gasteiger partial charge in [-0.25, -0.2) is 0 Å². The molecule has 1 aromatic rings. The van der Waals surface area contributed by atoms with Crippen LogP contribution in [0.3, 0.4) is 0 Å². The molecule has 72 valence electrons. The molecule has 2 amide bonds. The number of rotatable bonds is 1. The molecule has 0 aliphatic carbocycles. The molecule has 3 N–H and O–H groups in total. The third-order valence-corrected chi connectivity index (χ3v) is 2.21. The first-order valence-electron chi connectivity index (χ1n) is 4.22. The van der Waals surface area contributed by atoms with E-state index in [1.165, 1.54) is 0 Å². The Kier molecular flexibility index (Phi) is 1.92. The first kappa shape index (κ1) is 8.68. The number of carbonyl (C=O) groups is 2. The SMILES string of the molecule is NC(=O)C1Cc2ncccc2NC1=O. The highest BCUT2D eigenvalue weighted by Crippen LogP contribution is 2.22. The van der Waals surface area contributed by atoms with Crippen molar-refractivity contribution < 1.29 is 9.59 Å². The van der Waals surface area contributed by atoms with Gasteiger partial charge in [-0.05, 0) is 12.1 Å². The summed E-state index contributed by atoms with van der Waals surface area (Å²) in [7, 11) is 0. The summed E-state index contributed by atoms with van der Waals surface area (Å²) in [4.78, 5) is 26.3. The highest BCUT2D eigenvalue weighted by atomic mass is 16.2. The molecule has 1 unspecified atom stereocenters. The molecule has 0 saturated heterocycles. The molecule has 0 aromatic carbocycles. The molecule has 1 aliphatic rings. The van der Waals surface area contributed by atoms with Crippen molar-refractivity contribution >= 4 is 17.5 Å². The Balaban J connectivity index is 2.36. The minimum absolute atomic E-state index is 0.289. The topological polar surface area (TPSA) is 85.1 Å². The normalized spacial score (nSPS) is 19.7. The highest BCUT2D eigenvalue weighted by molar-refractivity contribution is 6.07. The van der Waals surface area contributed by atoms with Gasteiger partial charge in [-0.2, -0.15) is 0 Å². The average molecular weight is 191 g/mol. The Morgan fingerprint density at radius 2 is 2.43 bits per heavy atom. The van der Waals surface area contributed by atoms with Crippen molar-refractivity contribution in [1.82, 2.24) is 4.98 Å². The van der Waals surface area contributed by atoms with Crippen LogP contribution in [0.4, 0.5) is 5.69 Å². The monoisotopic (exact) mass is 191 g/mol. The quantitative estimate of drug-likeness (QED) is 0.596. The summed E-state index contributed by atoms with van der Waals surface area (Å²) in [6, 6.07) is 3.47. The van der Waals surface area contributed by atoms with Crippen molar-refractivity contribution in [2.24, 2.45) is 11.7 Å². The van der Waals surface area contributed by atoms with Gasteiger partial charge in [0, 0.05) is 12.6 Å². The maximum absolute atomic E-state index is 11.4. The van der Waals surface area contributed by atoms with Gasteiger partial charge in [0.15, 0.2) is 0 Å². The van der Waals surface area contributed by atoms with E-state index < -0.39 is 11.8 Å². The summed E-state index contributed by atoms with van der Waals surface area (Å²) in [5.41, 5.74) is 6.45. The minimum atomic E-state index is -0.794. The lowest BCUT2D eigenvalue weighted by molar-refractivity contribution is -0.130. The second kappa shape index (κ2) is 3.10. The fraction of sp³-hybridized carbons (Fsp3) is 0.222. The van der Waals surface area contributed by atoms with Gasteiger partial charge in [-0.3, -0.25) is 14.6 Å². The molecule has 2 rings (SSSR count). The van der Waals surface area contributed by atoms with E-state index >= 15 is 0 Å². The van der Waals surface area contributed by atoms with E-state index in [4.69, 9.17) is 5.73 Å². The summed E-state index contributed by atoms with van der Waals surface area (Å²) >= 11 is 0. The Hall–Kier alpha value is -1.91. The largest absolute Gasteiger partial charge is 0.369 e. The number of amides is 2. The van der Waals surface area contributed by atoms with Gasteiger partial charge in [-0.15, -0.1) is 0 Å². The van der Waals surface area contributed by atoms with Gasteiger partial charge < -0.3 is 11.1 Å². The van der Waals surface area contributed by atoms with Crippen molar-refractivity contribution in [3.05, 3.63) is 24.0 Å². The van der Waals surface area contributed by atoms with Crippen molar-refractivity contribution in [3.63, 3.8) is 0 Å². The van der Waals surface area contributed by atoms with Crippen LogP contribution in [0.5, 0.6) is 0 Å². The number of nitrogens with two attached hydrogens (primary N) is 1. The Morgan fingerprint density at radius 3 is 3.14 bits per heavy atom.